The van der Waals surface area contributed by atoms with Gasteiger partial charge in [-0.2, -0.15) is 0 Å². The summed E-state index contributed by atoms with van der Waals surface area (Å²) in [7, 11) is 0. The highest BCUT2D eigenvalue weighted by Crippen LogP contribution is 1.94. The van der Waals surface area contributed by atoms with Gasteiger partial charge in [-0.3, -0.25) is 0 Å². The van der Waals surface area contributed by atoms with E-state index in [-0.39, 0.29) is 12.3 Å². The lowest BCUT2D eigenvalue weighted by molar-refractivity contribution is -0.459. The van der Waals surface area contributed by atoms with Crippen LogP contribution in [0, 0.1) is 0 Å². The molecule has 50 valence electrons. The van der Waals surface area contributed by atoms with Gasteiger partial charge < -0.3 is 21.9 Å². The van der Waals surface area contributed by atoms with Crippen LogP contribution in [0.2, 0.25) is 0 Å². The summed E-state index contributed by atoms with van der Waals surface area (Å²) in [5.74, 6) is -0.205. The zero-order valence-corrected chi connectivity index (χ0v) is 5.39. The smallest absolute Gasteiger partial charge is 0.313 e. The predicted octanol–water partition coefficient (Wildman–Crippen LogP) is -1.67. The van der Waals surface area contributed by atoms with Crippen LogP contribution < -0.4 is 5.32 Å². The maximum atomic E-state index is 10.4. The van der Waals surface area contributed by atoms with Gasteiger partial charge in [-0.05, 0) is 0 Å². The normalized spacial score (nSPS) is 27.0. The Labute approximate surface area is 57.7 Å². The number of nitrogens with one attached hydrogen (secondary N) is 1. The molecule has 0 spiro atoms. The molecule has 0 radical (unpaired) electrons. The molecule has 0 saturated carbocycles. The molecule has 1 rings (SSSR count). The number of hydrogen-bond donors (Lipinski definition) is 2. The van der Waals surface area contributed by atoms with Crippen molar-refractivity contribution >= 4 is 25.1 Å². The molecule has 1 unspecified atom stereocenters. The van der Waals surface area contributed by atoms with E-state index >= 15 is 0 Å². The number of aliphatic hydroxyl groups is 1. The summed E-state index contributed by atoms with van der Waals surface area (Å²) < 4.78 is 1.13. The molecule has 0 aromatic carbocycles. The summed E-state index contributed by atoms with van der Waals surface area (Å²) in [6.45, 7) is 0. The van der Waals surface area contributed by atoms with E-state index in [9.17, 15) is 4.79 Å². The van der Waals surface area contributed by atoms with Crippen LogP contribution >= 0.6 is 0 Å². The van der Waals surface area contributed by atoms with E-state index < -0.39 is 6.23 Å². The maximum absolute atomic E-state index is 10.4. The van der Waals surface area contributed by atoms with E-state index in [1.165, 1.54) is 6.34 Å². The molecule has 2 N–H and O–H groups in total. The molecule has 4 nitrogen and oxygen atoms in total. The summed E-state index contributed by atoms with van der Waals surface area (Å²) >= 11 is 4.58. The van der Waals surface area contributed by atoms with Gasteiger partial charge in [-0.25, -0.2) is 10.1 Å². The van der Waals surface area contributed by atoms with Gasteiger partial charge in [0.15, 0.2) is 6.23 Å². The second kappa shape index (κ2) is 2.28. The van der Waals surface area contributed by atoms with E-state index in [2.05, 4.69) is 18.1 Å². The lowest BCUT2D eigenvalue weighted by Crippen LogP contribution is -2.40. The third kappa shape index (κ3) is 1.36. The summed E-state index contributed by atoms with van der Waals surface area (Å²) in [6, 6.07) is 0. The van der Waals surface area contributed by atoms with Gasteiger partial charge >= 0.3 is 5.91 Å². The average molecular weight is 146 g/mol. The van der Waals surface area contributed by atoms with Crippen LogP contribution in [-0.2, 0) is 17.6 Å². The third-order valence-electron chi connectivity index (χ3n) is 1.01. The number of nitrogens with zero attached hydrogens (tertiary/aromatic N) is 1. The van der Waals surface area contributed by atoms with Crippen LogP contribution in [0.3, 0.4) is 0 Å². The fraction of sp³-hybridized carbons (Fsp3) is 0.500. The molecular formula is C4H6N2O2S. The minimum absolute atomic E-state index is 0.0556. The minimum atomic E-state index is -0.839. The molecule has 5 heteroatoms. The largest absolute Gasteiger partial charge is 0.559 e. The average Bonchev–Trinajstić information content (AvgIpc) is 1.80. The summed E-state index contributed by atoms with van der Waals surface area (Å²) in [6.07, 6.45) is 0.486. The van der Waals surface area contributed by atoms with Crippen molar-refractivity contribution in [2.45, 2.75) is 12.6 Å². The highest BCUT2D eigenvalue weighted by atomic mass is 32.1. The highest BCUT2D eigenvalue weighted by Gasteiger charge is 2.18. The van der Waals surface area contributed by atoms with E-state index in [4.69, 9.17) is 5.11 Å². The lowest BCUT2D eigenvalue weighted by atomic mass is 10.3. The number of rotatable bonds is 0. The highest BCUT2D eigenvalue weighted by molar-refractivity contribution is 7.51. The van der Waals surface area contributed by atoms with Gasteiger partial charge in [0.2, 0.25) is 6.34 Å². The predicted molar refractivity (Wildman–Crippen MR) is 32.5 cm³/mol. The Morgan fingerprint density at radius 3 is 3.11 bits per heavy atom. The van der Waals surface area contributed by atoms with Crippen LogP contribution in [0.5, 0.6) is 0 Å². The van der Waals surface area contributed by atoms with Gasteiger partial charge in [0, 0.05) is 0 Å². The Hall–Kier alpha value is -0.680. The SMILES string of the molecule is O=C1CC(O)[N+]([S-])=CN1. The molecule has 9 heavy (non-hydrogen) atoms. The molecule has 1 aliphatic heterocycles. The molecule has 0 saturated heterocycles. The summed E-state index contributed by atoms with van der Waals surface area (Å²) in [4.78, 5) is 10.4. The van der Waals surface area contributed by atoms with Crippen LogP contribution in [-0.4, -0.2) is 27.6 Å². The van der Waals surface area contributed by atoms with Crippen molar-refractivity contribution in [3.8, 4) is 0 Å². The van der Waals surface area contributed by atoms with Gasteiger partial charge in [-0.15, -0.1) is 0 Å². The van der Waals surface area contributed by atoms with E-state index in [0.717, 1.165) is 3.98 Å². The first kappa shape index (κ1) is 6.44. The van der Waals surface area contributed by atoms with Crippen LogP contribution in [0.1, 0.15) is 6.42 Å². The second-order valence-corrected chi connectivity index (χ2v) is 2.16. The molecular weight excluding hydrogens is 140 g/mol. The minimum Gasteiger partial charge on any atom is -0.559 e. The summed E-state index contributed by atoms with van der Waals surface area (Å²) in [5, 5.41) is 11.2. The fourth-order valence-corrected chi connectivity index (χ4v) is 0.664. The quantitative estimate of drug-likeness (QED) is 0.317. The van der Waals surface area contributed by atoms with Crippen molar-refractivity contribution in [2.24, 2.45) is 0 Å². The van der Waals surface area contributed by atoms with Gasteiger partial charge in [0.05, 0.1) is 0 Å². The molecule has 1 aliphatic rings. The maximum Gasteiger partial charge on any atom is 0.313 e. The van der Waals surface area contributed by atoms with Gasteiger partial charge in [0.1, 0.15) is 6.42 Å². The first-order valence-electron chi connectivity index (χ1n) is 2.46. The molecule has 0 aromatic rings. The van der Waals surface area contributed by atoms with Crippen LogP contribution in [0.4, 0.5) is 0 Å². The molecule has 0 bridgehead atoms. The Bertz CT molecular complexity index is 168. The molecule has 1 amide bonds. The molecule has 0 aromatic heterocycles. The van der Waals surface area contributed by atoms with Crippen molar-refractivity contribution in [3.63, 3.8) is 0 Å². The Balaban J connectivity index is 2.67. The number of amides is 1. The molecule has 0 aliphatic carbocycles. The van der Waals surface area contributed by atoms with Gasteiger partial charge in [0.25, 0.3) is 0 Å². The molecule has 1 atom stereocenters. The molecule has 1 heterocycles. The Kier molecular flexibility index (Phi) is 1.63. The van der Waals surface area contributed by atoms with Crippen molar-refractivity contribution in [2.75, 3.05) is 0 Å². The summed E-state index contributed by atoms with van der Waals surface area (Å²) in [5.41, 5.74) is 0. The van der Waals surface area contributed by atoms with Crippen molar-refractivity contribution < 1.29 is 13.9 Å². The zero-order chi connectivity index (χ0) is 6.85. The van der Waals surface area contributed by atoms with Crippen molar-refractivity contribution in [1.29, 1.82) is 0 Å². The first-order chi connectivity index (χ1) is 4.20. The number of carbonyl (C=O) groups excluding carboxylic acids is 1. The van der Waals surface area contributed by atoms with Crippen molar-refractivity contribution in [1.82, 2.24) is 5.32 Å². The Morgan fingerprint density at radius 1 is 2.00 bits per heavy atom. The zero-order valence-electron chi connectivity index (χ0n) is 4.57. The standard InChI is InChI=1S/C4H6N2O2S/c7-3-1-4(8)6(9)2-5-3/h2,4,8H,1H2,(H,5,7). The fourth-order valence-electron chi connectivity index (χ4n) is 0.536. The number of aliphatic hydroxyl groups excluding tert-OH is 1. The van der Waals surface area contributed by atoms with Crippen molar-refractivity contribution in [3.05, 3.63) is 0 Å². The monoisotopic (exact) mass is 146 g/mol. The number of hydrogen-bond acceptors (Lipinski definition) is 3. The first-order valence-corrected chi connectivity index (χ1v) is 2.83. The number of carbonyl (C=O) groups is 1. The van der Waals surface area contributed by atoms with Crippen LogP contribution in [0.25, 0.3) is 0 Å². The topological polar surface area (TPSA) is 52.3 Å². The Morgan fingerprint density at radius 2 is 2.67 bits per heavy atom. The van der Waals surface area contributed by atoms with Gasteiger partial charge in [-0.1, -0.05) is 0 Å². The van der Waals surface area contributed by atoms with Crippen LogP contribution in [0.15, 0.2) is 0 Å². The second-order valence-electron chi connectivity index (χ2n) is 1.74. The lowest BCUT2D eigenvalue weighted by Gasteiger charge is -2.19. The van der Waals surface area contributed by atoms with E-state index in [1.54, 1.807) is 0 Å². The third-order valence-corrected chi connectivity index (χ3v) is 1.36. The van der Waals surface area contributed by atoms with E-state index in [1.807, 2.05) is 0 Å². The van der Waals surface area contributed by atoms with E-state index in [0.29, 0.717) is 0 Å². The molecule has 0 fully saturated rings.